The van der Waals surface area contributed by atoms with Crippen LogP contribution in [-0.4, -0.2) is 11.7 Å². The molecule has 0 bridgehead atoms. The number of aliphatic hydroxyl groups is 1. The molecular formula is C12H18OS. The average Bonchev–Trinajstić information content (AvgIpc) is 2.86. The summed E-state index contributed by atoms with van der Waals surface area (Å²) in [4.78, 5) is 1.43. The first-order chi connectivity index (χ1) is 6.90. The predicted octanol–water partition coefficient (Wildman–Crippen LogP) is 3.09. The summed E-state index contributed by atoms with van der Waals surface area (Å²) in [6.45, 7) is 0.364. The Morgan fingerprint density at radius 3 is 2.79 bits per heavy atom. The standard InChI is InChI=1S/C12H18OS/c13-9-11(10-4-1-2-5-10)8-12-6-3-7-14-12/h3,6-7,10-11,13H,1-2,4-5,8-9H2. The van der Waals surface area contributed by atoms with Gasteiger partial charge < -0.3 is 5.11 Å². The van der Waals surface area contributed by atoms with Crippen molar-refractivity contribution < 1.29 is 5.11 Å². The molecule has 1 saturated carbocycles. The Labute approximate surface area is 89.8 Å². The molecule has 1 nitrogen and oxygen atoms in total. The van der Waals surface area contributed by atoms with Gasteiger partial charge in [0.2, 0.25) is 0 Å². The largest absolute Gasteiger partial charge is 0.396 e. The Hall–Kier alpha value is -0.340. The smallest absolute Gasteiger partial charge is 0.0465 e. The molecule has 1 aliphatic rings. The molecular weight excluding hydrogens is 192 g/mol. The molecule has 0 radical (unpaired) electrons. The third-order valence-corrected chi connectivity index (χ3v) is 4.24. The fourth-order valence-corrected chi connectivity index (χ4v) is 3.30. The Balaban J connectivity index is 1.92. The van der Waals surface area contributed by atoms with Crippen molar-refractivity contribution in [3.63, 3.8) is 0 Å². The summed E-state index contributed by atoms with van der Waals surface area (Å²) >= 11 is 1.81. The second-order valence-corrected chi connectivity index (χ2v) is 5.30. The molecule has 2 rings (SSSR count). The average molecular weight is 210 g/mol. The Morgan fingerprint density at radius 1 is 1.43 bits per heavy atom. The van der Waals surface area contributed by atoms with Gasteiger partial charge in [-0.2, -0.15) is 0 Å². The van der Waals surface area contributed by atoms with Gasteiger partial charge in [0.1, 0.15) is 0 Å². The van der Waals surface area contributed by atoms with Crippen molar-refractivity contribution in [2.75, 3.05) is 6.61 Å². The quantitative estimate of drug-likeness (QED) is 0.809. The third kappa shape index (κ3) is 2.37. The first kappa shape index (κ1) is 10.2. The van der Waals surface area contributed by atoms with Gasteiger partial charge in [-0.1, -0.05) is 31.7 Å². The zero-order valence-electron chi connectivity index (χ0n) is 8.48. The van der Waals surface area contributed by atoms with E-state index in [0.29, 0.717) is 12.5 Å². The third-order valence-electron chi connectivity index (χ3n) is 3.34. The van der Waals surface area contributed by atoms with Crippen LogP contribution < -0.4 is 0 Å². The summed E-state index contributed by atoms with van der Waals surface area (Å²) in [5.41, 5.74) is 0. The van der Waals surface area contributed by atoms with Crippen LogP contribution in [0.4, 0.5) is 0 Å². The van der Waals surface area contributed by atoms with Crippen molar-refractivity contribution in [3.05, 3.63) is 22.4 Å². The number of hydrogen-bond donors (Lipinski definition) is 1. The van der Waals surface area contributed by atoms with Crippen LogP contribution in [0.1, 0.15) is 30.6 Å². The maximum absolute atomic E-state index is 9.39. The molecule has 1 aliphatic carbocycles. The maximum atomic E-state index is 9.39. The van der Waals surface area contributed by atoms with E-state index >= 15 is 0 Å². The molecule has 1 atom stereocenters. The van der Waals surface area contributed by atoms with Gasteiger partial charge in [0.05, 0.1) is 0 Å². The highest BCUT2D eigenvalue weighted by atomic mass is 32.1. The number of aliphatic hydroxyl groups excluding tert-OH is 1. The van der Waals surface area contributed by atoms with Gasteiger partial charge in [-0.15, -0.1) is 11.3 Å². The Morgan fingerprint density at radius 2 is 2.21 bits per heavy atom. The summed E-state index contributed by atoms with van der Waals surface area (Å²) in [6, 6.07) is 4.28. The lowest BCUT2D eigenvalue weighted by molar-refractivity contribution is 0.176. The maximum Gasteiger partial charge on any atom is 0.0465 e. The SMILES string of the molecule is OCC(Cc1cccs1)C1CCCC1. The minimum atomic E-state index is 0.364. The highest BCUT2D eigenvalue weighted by Crippen LogP contribution is 2.33. The second-order valence-electron chi connectivity index (χ2n) is 4.27. The van der Waals surface area contributed by atoms with E-state index in [1.807, 2.05) is 11.3 Å². The van der Waals surface area contributed by atoms with E-state index in [-0.39, 0.29) is 0 Å². The topological polar surface area (TPSA) is 20.2 Å². The molecule has 0 saturated heterocycles. The molecule has 1 aromatic heterocycles. The molecule has 1 N–H and O–H groups in total. The molecule has 1 fully saturated rings. The molecule has 1 unspecified atom stereocenters. The van der Waals surface area contributed by atoms with Crippen LogP contribution in [0.25, 0.3) is 0 Å². The van der Waals surface area contributed by atoms with Gasteiger partial charge >= 0.3 is 0 Å². The van der Waals surface area contributed by atoms with Crippen LogP contribution in [0.3, 0.4) is 0 Å². The molecule has 1 aromatic rings. The van der Waals surface area contributed by atoms with Gasteiger partial charge in [0.25, 0.3) is 0 Å². The first-order valence-corrected chi connectivity index (χ1v) is 6.41. The van der Waals surface area contributed by atoms with E-state index in [2.05, 4.69) is 17.5 Å². The number of rotatable bonds is 4. The van der Waals surface area contributed by atoms with E-state index < -0.39 is 0 Å². The lowest BCUT2D eigenvalue weighted by atomic mass is 9.88. The number of thiophene rings is 1. The van der Waals surface area contributed by atoms with Crippen LogP contribution in [0.15, 0.2) is 17.5 Å². The van der Waals surface area contributed by atoms with Crippen LogP contribution in [0.5, 0.6) is 0 Å². The van der Waals surface area contributed by atoms with Crippen LogP contribution in [-0.2, 0) is 6.42 Å². The lowest BCUT2D eigenvalue weighted by Crippen LogP contribution is -2.18. The molecule has 0 amide bonds. The van der Waals surface area contributed by atoms with E-state index in [1.54, 1.807) is 0 Å². The lowest BCUT2D eigenvalue weighted by Gasteiger charge is -2.20. The van der Waals surface area contributed by atoms with Gasteiger partial charge in [-0.05, 0) is 29.7 Å². The van der Waals surface area contributed by atoms with Crippen molar-refractivity contribution in [1.29, 1.82) is 0 Å². The van der Waals surface area contributed by atoms with Gasteiger partial charge in [0, 0.05) is 11.5 Å². The second kappa shape index (κ2) is 4.94. The molecule has 78 valence electrons. The molecule has 0 spiro atoms. The van der Waals surface area contributed by atoms with E-state index in [0.717, 1.165) is 12.3 Å². The highest BCUT2D eigenvalue weighted by molar-refractivity contribution is 7.09. The molecule has 1 heterocycles. The molecule has 0 aliphatic heterocycles. The van der Waals surface area contributed by atoms with Gasteiger partial charge in [-0.25, -0.2) is 0 Å². The van der Waals surface area contributed by atoms with Crippen LogP contribution >= 0.6 is 11.3 Å². The van der Waals surface area contributed by atoms with E-state index in [1.165, 1.54) is 30.6 Å². The monoisotopic (exact) mass is 210 g/mol. The summed E-state index contributed by atoms with van der Waals surface area (Å²) < 4.78 is 0. The van der Waals surface area contributed by atoms with Crippen molar-refractivity contribution in [2.45, 2.75) is 32.1 Å². The fourth-order valence-electron chi connectivity index (χ4n) is 2.50. The van der Waals surface area contributed by atoms with Crippen LogP contribution in [0, 0.1) is 11.8 Å². The first-order valence-electron chi connectivity index (χ1n) is 5.53. The summed E-state index contributed by atoms with van der Waals surface area (Å²) in [5, 5.41) is 11.5. The summed E-state index contributed by atoms with van der Waals surface area (Å²) in [7, 11) is 0. The van der Waals surface area contributed by atoms with Gasteiger partial charge in [-0.3, -0.25) is 0 Å². The Kier molecular flexibility index (Phi) is 3.60. The number of hydrogen-bond acceptors (Lipinski definition) is 2. The fraction of sp³-hybridized carbons (Fsp3) is 0.667. The minimum Gasteiger partial charge on any atom is -0.396 e. The van der Waals surface area contributed by atoms with E-state index in [4.69, 9.17) is 0 Å². The van der Waals surface area contributed by atoms with Crippen molar-refractivity contribution in [3.8, 4) is 0 Å². The zero-order chi connectivity index (χ0) is 9.80. The summed E-state index contributed by atoms with van der Waals surface area (Å²) in [6.07, 6.45) is 6.48. The van der Waals surface area contributed by atoms with Crippen molar-refractivity contribution >= 4 is 11.3 Å². The van der Waals surface area contributed by atoms with Gasteiger partial charge in [0.15, 0.2) is 0 Å². The van der Waals surface area contributed by atoms with Crippen molar-refractivity contribution in [2.24, 2.45) is 11.8 Å². The predicted molar refractivity (Wildman–Crippen MR) is 60.6 cm³/mol. The normalized spacial score (nSPS) is 20.1. The van der Waals surface area contributed by atoms with Crippen LogP contribution in [0.2, 0.25) is 0 Å². The highest BCUT2D eigenvalue weighted by Gasteiger charge is 2.24. The zero-order valence-corrected chi connectivity index (χ0v) is 9.30. The Bertz CT molecular complexity index is 249. The minimum absolute atomic E-state index is 0.364. The molecule has 2 heteroatoms. The molecule has 0 aromatic carbocycles. The summed E-state index contributed by atoms with van der Waals surface area (Å²) in [5.74, 6) is 1.29. The van der Waals surface area contributed by atoms with E-state index in [9.17, 15) is 5.11 Å². The van der Waals surface area contributed by atoms with Crippen molar-refractivity contribution in [1.82, 2.24) is 0 Å². The molecule has 14 heavy (non-hydrogen) atoms.